The molecule has 2 heterocycles. The molecule has 182 valence electrons. The van der Waals surface area contributed by atoms with E-state index < -0.39 is 0 Å². The van der Waals surface area contributed by atoms with Gasteiger partial charge >= 0.3 is 0 Å². The second-order valence-corrected chi connectivity index (χ2v) is 11.5. The maximum absolute atomic E-state index is 9.50. The van der Waals surface area contributed by atoms with E-state index in [1.54, 1.807) is 0 Å². The number of hydrogen-bond acceptors (Lipinski definition) is 5. The van der Waals surface area contributed by atoms with E-state index in [-0.39, 0.29) is 11.6 Å². The maximum Gasteiger partial charge on any atom is 0.207 e. The van der Waals surface area contributed by atoms with Crippen LogP contribution in [0.1, 0.15) is 71.1 Å². The SMILES string of the molecule is CC(C)NC=O.COC1CCC(c2cc(Nc3ccc(Cl)c4c3CCS4)n(C(C)(C)C)n2)C1. The number of carbonyl (C=O) groups excluding carboxylic acids is 1. The topological polar surface area (TPSA) is 68.2 Å². The summed E-state index contributed by atoms with van der Waals surface area (Å²) in [6.45, 7) is 10.4. The van der Waals surface area contributed by atoms with Crippen LogP contribution in [0.5, 0.6) is 0 Å². The Bertz CT molecular complexity index is 955. The largest absolute Gasteiger partial charge is 0.381 e. The van der Waals surface area contributed by atoms with Crippen molar-refractivity contribution in [2.75, 3.05) is 18.2 Å². The van der Waals surface area contributed by atoms with Gasteiger partial charge < -0.3 is 15.4 Å². The fourth-order valence-electron chi connectivity index (χ4n) is 4.27. The predicted molar refractivity (Wildman–Crippen MR) is 138 cm³/mol. The number of ether oxygens (including phenoxy) is 1. The molecule has 1 aliphatic carbocycles. The highest BCUT2D eigenvalue weighted by molar-refractivity contribution is 7.99. The second kappa shape index (κ2) is 11.2. The van der Waals surface area contributed by atoms with Gasteiger partial charge in [-0.2, -0.15) is 5.10 Å². The van der Waals surface area contributed by atoms with Gasteiger partial charge in [0.2, 0.25) is 6.41 Å². The zero-order valence-corrected chi connectivity index (χ0v) is 22.1. The minimum Gasteiger partial charge on any atom is -0.381 e. The monoisotopic (exact) mass is 492 g/mol. The van der Waals surface area contributed by atoms with Gasteiger partial charge in [0.1, 0.15) is 5.82 Å². The lowest BCUT2D eigenvalue weighted by Gasteiger charge is -2.23. The van der Waals surface area contributed by atoms with Gasteiger partial charge in [0.25, 0.3) is 0 Å². The number of thioether (sulfide) groups is 1. The molecule has 1 aliphatic heterocycles. The van der Waals surface area contributed by atoms with Gasteiger partial charge in [-0.15, -0.1) is 11.8 Å². The fraction of sp³-hybridized carbons (Fsp3) is 0.600. The number of hydrogen-bond donors (Lipinski definition) is 2. The molecule has 2 aliphatic rings. The van der Waals surface area contributed by atoms with E-state index in [4.69, 9.17) is 21.4 Å². The highest BCUT2D eigenvalue weighted by Crippen LogP contribution is 2.43. The van der Waals surface area contributed by atoms with E-state index in [0.29, 0.717) is 18.4 Å². The smallest absolute Gasteiger partial charge is 0.207 e. The number of methoxy groups -OCH3 is 1. The molecule has 0 saturated heterocycles. The van der Waals surface area contributed by atoms with E-state index in [2.05, 4.69) is 48.2 Å². The molecule has 1 aromatic heterocycles. The minimum atomic E-state index is -0.0931. The average Bonchev–Trinajstić information content (AvgIpc) is 3.49. The number of carbonyl (C=O) groups is 1. The summed E-state index contributed by atoms with van der Waals surface area (Å²) < 4.78 is 7.69. The van der Waals surface area contributed by atoms with Gasteiger partial charge in [0, 0.05) is 41.5 Å². The Hall–Kier alpha value is -1.70. The van der Waals surface area contributed by atoms with Gasteiger partial charge in [0.05, 0.1) is 22.4 Å². The third-order valence-electron chi connectivity index (χ3n) is 5.97. The van der Waals surface area contributed by atoms with Crippen LogP contribution in [0.25, 0.3) is 0 Å². The highest BCUT2D eigenvalue weighted by atomic mass is 35.5. The quantitative estimate of drug-likeness (QED) is 0.476. The predicted octanol–water partition coefficient (Wildman–Crippen LogP) is 6.11. The molecule has 1 fully saturated rings. The molecule has 1 saturated carbocycles. The molecule has 0 spiro atoms. The van der Waals surface area contributed by atoms with Crippen molar-refractivity contribution in [3.8, 4) is 0 Å². The van der Waals surface area contributed by atoms with Crippen LogP contribution in [0.15, 0.2) is 23.1 Å². The van der Waals surface area contributed by atoms with Crippen molar-refractivity contribution < 1.29 is 9.53 Å². The van der Waals surface area contributed by atoms with Crippen LogP contribution >= 0.6 is 23.4 Å². The molecule has 1 amide bonds. The minimum absolute atomic E-state index is 0.0931. The summed E-state index contributed by atoms with van der Waals surface area (Å²) in [7, 11) is 1.81. The standard InChI is InChI=1S/C21H28ClN3OS.C4H9NO/c1-21(2,3)25-19(12-18(24-25)13-5-6-14(11-13)26-4)23-17-8-7-16(22)20-15(17)9-10-27-20;1-4(2)5-3-6/h7-8,12-14,23H,5-6,9-11H2,1-4H3;3-4H,1-2H3,(H,5,6). The highest BCUT2D eigenvalue weighted by Gasteiger charge is 2.30. The number of halogens is 1. The number of nitrogens with one attached hydrogen (secondary N) is 2. The molecule has 2 atom stereocenters. The Balaban J connectivity index is 0.000000454. The Kier molecular flexibility index (Phi) is 8.76. The third-order valence-corrected chi connectivity index (χ3v) is 7.57. The lowest BCUT2D eigenvalue weighted by molar-refractivity contribution is -0.109. The Labute approximate surface area is 207 Å². The lowest BCUT2D eigenvalue weighted by Crippen LogP contribution is -2.25. The molecule has 8 heteroatoms. The van der Waals surface area contributed by atoms with Crippen molar-refractivity contribution in [3.05, 3.63) is 34.5 Å². The van der Waals surface area contributed by atoms with Gasteiger partial charge in [0.15, 0.2) is 0 Å². The first kappa shape index (κ1) is 25.9. The van der Waals surface area contributed by atoms with Crippen molar-refractivity contribution >= 4 is 41.3 Å². The van der Waals surface area contributed by atoms with Gasteiger partial charge in [-0.1, -0.05) is 11.6 Å². The maximum atomic E-state index is 9.50. The van der Waals surface area contributed by atoms with Crippen LogP contribution < -0.4 is 10.6 Å². The van der Waals surface area contributed by atoms with E-state index in [1.807, 2.05) is 38.8 Å². The van der Waals surface area contributed by atoms with Crippen LogP contribution in [0, 0.1) is 0 Å². The summed E-state index contributed by atoms with van der Waals surface area (Å²) in [5, 5.41) is 12.1. The van der Waals surface area contributed by atoms with Crippen molar-refractivity contribution in [1.82, 2.24) is 15.1 Å². The molecule has 2 aromatic rings. The van der Waals surface area contributed by atoms with Crippen LogP contribution in [0.2, 0.25) is 5.02 Å². The third kappa shape index (κ3) is 6.46. The summed E-state index contributed by atoms with van der Waals surface area (Å²) in [6, 6.07) is 6.61. The number of amides is 1. The number of nitrogens with zero attached hydrogens (tertiary/aromatic N) is 2. The van der Waals surface area contributed by atoms with Gasteiger partial charge in [-0.25, -0.2) is 4.68 Å². The molecule has 33 heavy (non-hydrogen) atoms. The molecule has 0 radical (unpaired) electrons. The van der Waals surface area contributed by atoms with E-state index in [1.165, 1.54) is 16.2 Å². The number of rotatable bonds is 6. The fourth-order valence-corrected chi connectivity index (χ4v) is 5.72. The van der Waals surface area contributed by atoms with Crippen LogP contribution in [0.4, 0.5) is 11.5 Å². The molecular formula is C25H37ClN4O2S. The summed E-state index contributed by atoms with van der Waals surface area (Å²) in [6.07, 6.45) is 5.44. The molecule has 0 bridgehead atoms. The summed E-state index contributed by atoms with van der Waals surface area (Å²) in [5.74, 6) is 2.63. The lowest BCUT2D eigenvalue weighted by atomic mass is 10.0. The van der Waals surface area contributed by atoms with E-state index >= 15 is 0 Å². The van der Waals surface area contributed by atoms with Crippen LogP contribution in [0.3, 0.4) is 0 Å². The number of benzene rings is 1. The van der Waals surface area contributed by atoms with E-state index in [0.717, 1.165) is 48.0 Å². The molecule has 2 N–H and O–H groups in total. The number of fused-ring (bicyclic) bond motifs is 1. The first-order chi connectivity index (χ1) is 15.6. The molecule has 6 nitrogen and oxygen atoms in total. The Morgan fingerprint density at radius 1 is 1.30 bits per heavy atom. The summed E-state index contributed by atoms with van der Waals surface area (Å²) >= 11 is 8.24. The van der Waals surface area contributed by atoms with Crippen molar-refractivity contribution in [2.45, 2.75) is 88.8 Å². The Morgan fingerprint density at radius 2 is 2.06 bits per heavy atom. The first-order valence-corrected chi connectivity index (χ1v) is 13.0. The number of aromatic nitrogens is 2. The molecule has 2 unspecified atom stereocenters. The average molecular weight is 493 g/mol. The van der Waals surface area contributed by atoms with Crippen LogP contribution in [-0.4, -0.2) is 41.2 Å². The van der Waals surface area contributed by atoms with Gasteiger partial charge in [-0.05, 0) is 78.0 Å². The van der Waals surface area contributed by atoms with E-state index in [9.17, 15) is 4.79 Å². The zero-order chi connectivity index (χ0) is 24.2. The zero-order valence-electron chi connectivity index (χ0n) is 20.6. The van der Waals surface area contributed by atoms with Crippen molar-refractivity contribution in [2.24, 2.45) is 0 Å². The second-order valence-electron chi connectivity index (χ2n) is 9.97. The molecule has 4 rings (SSSR count). The van der Waals surface area contributed by atoms with Crippen LogP contribution in [-0.2, 0) is 21.5 Å². The number of anilines is 2. The summed E-state index contributed by atoms with van der Waals surface area (Å²) in [5.41, 5.74) is 3.56. The van der Waals surface area contributed by atoms with Gasteiger partial charge in [-0.3, -0.25) is 4.79 Å². The molecule has 1 aromatic carbocycles. The molecular weight excluding hydrogens is 456 g/mol. The van der Waals surface area contributed by atoms with Crippen molar-refractivity contribution in [3.63, 3.8) is 0 Å². The Morgan fingerprint density at radius 3 is 2.64 bits per heavy atom. The first-order valence-electron chi connectivity index (χ1n) is 11.7. The normalized spacial score (nSPS) is 19.8. The summed E-state index contributed by atoms with van der Waals surface area (Å²) in [4.78, 5) is 10.7. The van der Waals surface area contributed by atoms with Crippen molar-refractivity contribution in [1.29, 1.82) is 0 Å².